The smallest absolute Gasteiger partial charge is 0.254 e. The van der Waals surface area contributed by atoms with Crippen LogP contribution >= 0.6 is 0 Å². The van der Waals surface area contributed by atoms with Crippen LogP contribution in [0.15, 0.2) is 46.9 Å². The number of ether oxygens (including phenoxy) is 1. The average Bonchev–Trinajstić information content (AvgIpc) is 3.56. The molecule has 0 bridgehead atoms. The summed E-state index contributed by atoms with van der Waals surface area (Å²) in [6, 6.07) is 11.8. The number of piperazine rings is 1. The van der Waals surface area contributed by atoms with Crippen molar-refractivity contribution in [2.45, 2.75) is 18.4 Å². The van der Waals surface area contributed by atoms with Crippen molar-refractivity contribution in [3.05, 3.63) is 64.9 Å². The molecule has 1 aromatic heterocycles. The molecule has 2 fully saturated rings. The molecular weight excluding hydrogens is 492 g/mol. The highest BCUT2D eigenvalue weighted by Gasteiger charge is 2.53. The number of hydrogen-bond acceptors (Lipinski definition) is 7. The zero-order valence-electron chi connectivity index (χ0n) is 20.5. The normalized spacial score (nSPS) is 21.1. The summed E-state index contributed by atoms with van der Waals surface area (Å²) in [5.74, 6) is -1.01. The summed E-state index contributed by atoms with van der Waals surface area (Å²) in [4.78, 5) is 66.5. The number of benzene rings is 2. The standard InChI is InChI=1S/C27H24N4O7/c1-37-18-5-4-17-12-31(25(35)19(17)10-18)14-27(11-22(32)29-26(27)36)21-9-15-2-3-16(8-20(15)38-21)24(34)30-7-6-28-23(33)13-30/h2-5,8-10H,6-7,11-14H2,1H3,(H,28,33)(H,29,32,36)/t27-/m1/s1. The van der Waals surface area contributed by atoms with Crippen LogP contribution < -0.4 is 15.4 Å². The fourth-order valence-electron chi connectivity index (χ4n) is 5.36. The average molecular weight is 517 g/mol. The maximum Gasteiger partial charge on any atom is 0.254 e. The van der Waals surface area contributed by atoms with Crippen molar-refractivity contribution in [2.75, 3.05) is 33.3 Å². The molecule has 0 unspecified atom stereocenters. The van der Waals surface area contributed by atoms with Gasteiger partial charge in [0, 0.05) is 42.7 Å². The highest BCUT2D eigenvalue weighted by Crippen LogP contribution is 2.39. The molecule has 3 aliphatic rings. The third kappa shape index (κ3) is 3.78. The van der Waals surface area contributed by atoms with Gasteiger partial charge in [0.2, 0.25) is 17.7 Å². The van der Waals surface area contributed by atoms with Crippen LogP contribution in [0.1, 0.15) is 38.5 Å². The molecule has 2 aromatic carbocycles. The Labute approximate surface area is 216 Å². The van der Waals surface area contributed by atoms with Gasteiger partial charge in [-0.3, -0.25) is 29.3 Å². The van der Waals surface area contributed by atoms with Crippen LogP contribution in [0, 0.1) is 0 Å². The monoisotopic (exact) mass is 516 g/mol. The van der Waals surface area contributed by atoms with Crippen LogP contribution in [-0.4, -0.2) is 72.6 Å². The van der Waals surface area contributed by atoms with Gasteiger partial charge in [-0.1, -0.05) is 12.1 Å². The van der Waals surface area contributed by atoms with Crippen LogP contribution in [0.4, 0.5) is 0 Å². The molecule has 4 heterocycles. The van der Waals surface area contributed by atoms with E-state index in [1.807, 2.05) is 6.07 Å². The minimum absolute atomic E-state index is 0.0240. The number of carbonyl (C=O) groups is 5. The molecule has 11 heteroatoms. The molecule has 38 heavy (non-hydrogen) atoms. The second kappa shape index (κ2) is 8.72. The largest absolute Gasteiger partial charge is 0.497 e. The van der Waals surface area contributed by atoms with E-state index >= 15 is 0 Å². The van der Waals surface area contributed by atoms with Gasteiger partial charge < -0.3 is 24.3 Å². The lowest BCUT2D eigenvalue weighted by Gasteiger charge is -2.28. The maximum atomic E-state index is 13.2. The van der Waals surface area contributed by atoms with Crippen LogP contribution in [0.25, 0.3) is 11.0 Å². The molecule has 2 N–H and O–H groups in total. The van der Waals surface area contributed by atoms with Crippen molar-refractivity contribution < 1.29 is 33.1 Å². The molecule has 2 saturated heterocycles. The first-order valence-corrected chi connectivity index (χ1v) is 12.2. The van der Waals surface area contributed by atoms with Crippen molar-refractivity contribution in [2.24, 2.45) is 0 Å². The van der Waals surface area contributed by atoms with Gasteiger partial charge in [-0.25, -0.2) is 0 Å². The van der Waals surface area contributed by atoms with E-state index in [0.717, 1.165) is 5.56 Å². The Morgan fingerprint density at radius 2 is 1.89 bits per heavy atom. The molecule has 3 aromatic rings. The minimum Gasteiger partial charge on any atom is -0.497 e. The molecule has 5 amide bonds. The van der Waals surface area contributed by atoms with Gasteiger partial charge in [0.1, 0.15) is 22.5 Å². The van der Waals surface area contributed by atoms with E-state index in [2.05, 4.69) is 10.6 Å². The van der Waals surface area contributed by atoms with Crippen molar-refractivity contribution >= 4 is 40.5 Å². The number of imide groups is 1. The number of furan rings is 1. The molecule has 0 aliphatic carbocycles. The lowest BCUT2D eigenvalue weighted by atomic mass is 9.82. The summed E-state index contributed by atoms with van der Waals surface area (Å²) in [7, 11) is 1.52. The number of carbonyl (C=O) groups excluding carboxylic acids is 5. The molecule has 0 saturated carbocycles. The Morgan fingerprint density at radius 1 is 1.05 bits per heavy atom. The summed E-state index contributed by atoms with van der Waals surface area (Å²) < 4.78 is 11.4. The second-order valence-electron chi connectivity index (χ2n) is 9.76. The van der Waals surface area contributed by atoms with Gasteiger partial charge in [0.25, 0.3) is 11.8 Å². The minimum atomic E-state index is -1.42. The SMILES string of the molecule is COc1ccc2c(c1)C(=O)N(C[C@@]1(c3cc4ccc(C(=O)N5CCNC(=O)C5)cc4o3)CC(=O)NC1=O)C2. The fraction of sp³-hybridized carbons (Fsp3) is 0.296. The van der Waals surface area contributed by atoms with E-state index < -0.39 is 17.2 Å². The van der Waals surface area contributed by atoms with E-state index in [1.54, 1.807) is 36.4 Å². The van der Waals surface area contributed by atoms with Crippen LogP contribution in [0.3, 0.4) is 0 Å². The molecule has 0 spiro atoms. The van der Waals surface area contributed by atoms with E-state index in [0.29, 0.717) is 40.9 Å². The van der Waals surface area contributed by atoms with E-state index in [-0.39, 0.29) is 49.5 Å². The van der Waals surface area contributed by atoms with Gasteiger partial charge in [-0.05, 0) is 35.9 Å². The molecule has 194 valence electrons. The van der Waals surface area contributed by atoms with Crippen molar-refractivity contribution in [3.63, 3.8) is 0 Å². The third-order valence-corrected chi connectivity index (χ3v) is 7.37. The predicted molar refractivity (Wildman–Crippen MR) is 132 cm³/mol. The van der Waals surface area contributed by atoms with Crippen molar-refractivity contribution in [1.29, 1.82) is 0 Å². The molecule has 6 rings (SSSR count). The number of amides is 5. The first-order chi connectivity index (χ1) is 18.3. The highest BCUT2D eigenvalue weighted by molar-refractivity contribution is 6.10. The Balaban J connectivity index is 1.33. The Hall–Kier alpha value is -4.67. The van der Waals surface area contributed by atoms with Crippen molar-refractivity contribution in [1.82, 2.24) is 20.4 Å². The fourth-order valence-corrected chi connectivity index (χ4v) is 5.36. The molecule has 0 radical (unpaired) electrons. The first-order valence-electron chi connectivity index (χ1n) is 12.2. The lowest BCUT2D eigenvalue weighted by Crippen LogP contribution is -2.49. The zero-order valence-corrected chi connectivity index (χ0v) is 20.5. The predicted octanol–water partition coefficient (Wildman–Crippen LogP) is 0.954. The number of hydrogen-bond donors (Lipinski definition) is 2. The summed E-state index contributed by atoms with van der Waals surface area (Å²) in [5, 5.41) is 5.69. The maximum absolute atomic E-state index is 13.2. The van der Waals surface area contributed by atoms with Gasteiger partial charge >= 0.3 is 0 Å². The molecule has 3 aliphatic heterocycles. The van der Waals surface area contributed by atoms with Crippen molar-refractivity contribution in [3.8, 4) is 5.75 Å². The number of nitrogens with zero attached hydrogens (tertiary/aromatic N) is 2. The number of nitrogens with one attached hydrogen (secondary N) is 2. The summed E-state index contributed by atoms with van der Waals surface area (Å²) >= 11 is 0. The zero-order chi connectivity index (χ0) is 26.6. The van der Waals surface area contributed by atoms with Crippen LogP contribution in [0.2, 0.25) is 0 Å². The number of methoxy groups -OCH3 is 1. The third-order valence-electron chi connectivity index (χ3n) is 7.37. The summed E-state index contributed by atoms with van der Waals surface area (Å²) in [6.07, 6.45) is -0.177. The molecule has 11 nitrogen and oxygen atoms in total. The van der Waals surface area contributed by atoms with Gasteiger partial charge in [-0.15, -0.1) is 0 Å². The summed E-state index contributed by atoms with van der Waals surface area (Å²) in [5.41, 5.74) is 0.568. The Morgan fingerprint density at radius 3 is 2.63 bits per heavy atom. The van der Waals surface area contributed by atoms with E-state index in [1.165, 1.54) is 16.9 Å². The number of rotatable bonds is 5. The second-order valence-corrected chi connectivity index (χ2v) is 9.76. The summed E-state index contributed by atoms with van der Waals surface area (Å²) in [6.45, 7) is 0.979. The first kappa shape index (κ1) is 23.7. The highest BCUT2D eigenvalue weighted by atomic mass is 16.5. The van der Waals surface area contributed by atoms with Gasteiger partial charge in [0.15, 0.2) is 0 Å². The van der Waals surface area contributed by atoms with Gasteiger partial charge in [0.05, 0.1) is 20.1 Å². The molecule has 1 atom stereocenters. The Bertz CT molecular complexity index is 1540. The lowest BCUT2D eigenvalue weighted by molar-refractivity contribution is -0.127. The van der Waals surface area contributed by atoms with Gasteiger partial charge in [-0.2, -0.15) is 0 Å². The quantitative estimate of drug-likeness (QED) is 0.482. The molecular formula is C27H24N4O7. The van der Waals surface area contributed by atoms with Crippen LogP contribution in [-0.2, 0) is 26.3 Å². The Kier molecular flexibility index (Phi) is 5.44. The topological polar surface area (TPSA) is 138 Å². The van der Waals surface area contributed by atoms with Crippen LogP contribution in [0.5, 0.6) is 5.75 Å². The number of fused-ring (bicyclic) bond motifs is 2. The van der Waals surface area contributed by atoms with E-state index in [9.17, 15) is 24.0 Å². The van der Waals surface area contributed by atoms with E-state index in [4.69, 9.17) is 9.15 Å².